The van der Waals surface area contributed by atoms with Gasteiger partial charge in [0.05, 0.1) is 24.7 Å². The third-order valence-electron chi connectivity index (χ3n) is 7.92. The van der Waals surface area contributed by atoms with Crippen LogP contribution in [0.3, 0.4) is 0 Å². The summed E-state index contributed by atoms with van der Waals surface area (Å²) in [6, 6.07) is 14.5. The van der Waals surface area contributed by atoms with Crippen LogP contribution in [0.4, 0.5) is 23.1 Å². The van der Waals surface area contributed by atoms with Crippen molar-refractivity contribution in [3.63, 3.8) is 0 Å². The van der Waals surface area contributed by atoms with Crippen LogP contribution in [0.15, 0.2) is 48.7 Å². The number of methoxy groups -OCH3 is 1. The van der Waals surface area contributed by atoms with Gasteiger partial charge in [0.15, 0.2) is 5.82 Å². The Morgan fingerprint density at radius 3 is 2.46 bits per heavy atom. The number of rotatable bonds is 8. The maximum atomic E-state index is 12.2. The van der Waals surface area contributed by atoms with E-state index < -0.39 is 7.80 Å². The molecule has 2 saturated heterocycles. The summed E-state index contributed by atoms with van der Waals surface area (Å²) in [5.74, 6) is 2.11. The molecule has 2 aliphatic rings. The van der Waals surface area contributed by atoms with Crippen LogP contribution in [-0.2, 0) is 4.57 Å². The summed E-state index contributed by atoms with van der Waals surface area (Å²) in [7, 11) is 2.38. The second-order valence-electron chi connectivity index (χ2n) is 10.5. The van der Waals surface area contributed by atoms with Crippen molar-refractivity contribution in [3.8, 4) is 5.75 Å². The number of hydrogen-bond acceptors (Lipinski definition) is 8. The first-order valence-corrected chi connectivity index (χ1v) is 15.7. The average Bonchev–Trinajstić information content (AvgIpc) is 2.96. The molecule has 2 N–H and O–H groups in total. The van der Waals surface area contributed by atoms with Crippen molar-refractivity contribution in [1.29, 1.82) is 0 Å². The van der Waals surface area contributed by atoms with Crippen LogP contribution in [0, 0.1) is 0 Å². The lowest BCUT2D eigenvalue weighted by Crippen LogP contribution is -2.46. The molecule has 10 heteroatoms. The number of halogens is 1. The van der Waals surface area contributed by atoms with Crippen molar-refractivity contribution < 1.29 is 9.30 Å². The molecule has 0 saturated carbocycles. The second kappa shape index (κ2) is 12.6. The molecule has 1 unspecified atom stereocenters. The first kappa shape index (κ1) is 27.8. The fourth-order valence-electron chi connectivity index (χ4n) is 5.64. The number of ether oxygens (including phenoxy) is 1. The van der Waals surface area contributed by atoms with Gasteiger partial charge in [0.25, 0.3) is 0 Å². The summed E-state index contributed by atoms with van der Waals surface area (Å²) in [5.41, 5.74) is 2.80. The highest BCUT2D eigenvalue weighted by molar-refractivity contribution is 7.53. The van der Waals surface area contributed by atoms with Gasteiger partial charge in [-0.2, -0.15) is 4.98 Å². The largest absolute Gasteiger partial charge is 0.495 e. The molecule has 3 aromatic rings. The number of nitrogens with zero attached hydrogens (tertiary/aromatic N) is 4. The molecular weight excluding hydrogens is 531 g/mol. The number of piperidine rings is 2. The van der Waals surface area contributed by atoms with Crippen molar-refractivity contribution >= 4 is 47.8 Å². The Kier molecular flexibility index (Phi) is 8.98. The topological polar surface area (TPSA) is 82.6 Å². The van der Waals surface area contributed by atoms with E-state index in [0.717, 1.165) is 30.6 Å². The maximum Gasteiger partial charge on any atom is 0.375 e. The molecule has 0 amide bonds. The van der Waals surface area contributed by atoms with Gasteiger partial charge < -0.3 is 25.2 Å². The van der Waals surface area contributed by atoms with Crippen LogP contribution in [0.25, 0.3) is 0 Å². The maximum absolute atomic E-state index is 12.2. The van der Waals surface area contributed by atoms with Crippen molar-refractivity contribution in [2.75, 3.05) is 57.6 Å². The zero-order chi connectivity index (χ0) is 27.4. The first-order valence-electron chi connectivity index (χ1n) is 13.6. The van der Waals surface area contributed by atoms with Crippen molar-refractivity contribution in [1.82, 2.24) is 19.8 Å². The fourth-order valence-corrected chi connectivity index (χ4v) is 6.54. The van der Waals surface area contributed by atoms with E-state index in [0.29, 0.717) is 33.7 Å². The lowest BCUT2D eigenvalue weighted by atomic mass is 9.87. The Balaban J connectivity index is 1.26. The van der Waals surface area contributed by atoms with Gasteiger partial charge in [0.2, 0.25) is 11.3 Å². The highest BCUT2D eigenvalue weighted by Crippen LogP contribution is 2.36. The minimum atomic E-state index is -1.53. The van der Waals surface area contributed by atoms with E-state index in [1.54, 1.807) is 20.0 Å². The smallest absolute Gasteiger partial charge is 0.375 e. The lowest BCUT2D eigenvalue weighted by molar-refractivity contribution is 0.0966. The van der Waals surface area contributed by atoms with Crippen LogP contribution < -0.4 is 20.7 Å². The quantitative estimate of drug-likeness (QED) is 0.322. The van der Waals surface area contributed by atoms with Crippen LogP contribution >= 0.6 is 19.4 Å². The number of hydrogen-bond donors (Lipinski definition) is 2. The minimum Gasteiger partial charge on any atom is -0.495 e. The van der Waals surface area contributed by atoms with E-state index in [2.05, 4.69) is 49.6 Å². The van der Waals surface area contributed by atoms with E-state index in [1.165, 1.54) is 44.3 Å². The highest BCUT2D eigenvalue weighted by Gasteiger charge is 2.28. The predicted octanol–water partition coefficient (Wildman–Crippen LogP) is 5.98. The number of likely N-dealkylation sites (tertiary alicyclic amines) is 2. The van der Waals surface area contributed by atoms with Crippen molar-refractivity contribution in [2.45, 2.75) is 37.6 Å². The molecule has 39 heavy (non-hydrogen) atoms. The standard InChI is InChI=1S/C29H37ClN6O2P/c1-35-14-12-22(13-15-35)36-16-10-20(11-17-36)21-8-9-24(26(18-21)38-2)33-29-31-19-23(30)28(34-29)32-25-6-4-5-7-27(25)39(3)37/h4-9,18-20,22H,10-17H2,1-3H3,(H2,31,32,33,34)/q+1. The molecule has 2 aliphatic heterocycles. The Morgan fingerprint density at radius 1 is 1.00 bits per heavy atom. The molecule has 0 radical (unpaired) electrons. The predicted molar refractivity (Wildman–Crippen MR) is 160 cm³/mol. The monoisotopic (exact) mass is 567 g/mol. The number of aromatic nitrogens is 2. The van der Waals surface area contributed by atoms with Gasteiger partial charge in [-0.15, -0.1) is 0 Å². The van der Waals surface area contributed by atoms with Gasteiger partial charge in [0, 0.05) is 6.04 Å². The zero-order valence-corrected chi connectivity index (χ0v) is 24.5. The third-order valence-corrected chi connectivity index (χ3v) is 9.26. The van der Waals surface area contributed by atoms with Gasteiger partial charge in [-0.3, -0.25) is 0 Å². The molecule has 0 bridgehead atoms. The van der Waals surface area contributed by atoms with E-state index in [1.807, 2.05) is 30.3 Å². The van der Waals surface area contributed by atoms with Gasteiger partial charge in [-0.05, 0) is 94.7 Å². The summed E-state index contributed by atoms with van der Waals surface area (Å²) < 4.78 is 17.9. The van der Waals surface area contributed by atoms with Gasteiger partial charge in [-0.25, -0.2) is 4.98 Å². The molecule has 3 heterocycles. The van der Waals surface area contributed by atoms with E-state index in [9.17, 15) is 4.57 Å². The molecule has 0 aliphatic carbocycles. The summed E-state index contributed by atoms with van der Waals surface area (Å²) in [4.78, 5) is 14.1. The minimum absolute atomic E-state index is 0.371. The average molecular weight is 568 g/mol. The molecule has 2 aromatic carbocycles. The zero-order valence-electron chi connectivity index (χ0n) is 22.9. The van der Waals surface area contributed by atoms with Gasteiger partial charge in [0.1, 0.15) is 17.4 Å². The summed E-state index contributed by atoms with van der Waals surface area (Å²) in [6.45, 7) is 6.41. The van der Waals surface area contributed by atoms with Gasteiger partial charge in [-0.1, -0.05) is 34.4 Å². The van der Waals surface area contributed by atoms with E-state index in [4.69, 9.17) is 16.3 Å². The molecule has 1 aromatic heterocycles. The molecule has 5 rings (SSSR count). The number of nitrogens with one attached hydrogen (secondary N) is 2. The Bertz CT molecular complexity index is 1310. The Labute approximate surface area is 236 Å². The summed E-state index contributed by atoms with van der Waals surface area (Å²) in [5, 5.41) is 7.58. The molecule has 206 valence electrons. The molecular formula is C29H37ClN6O2P+. The van der Waals surface area contributed by atoms with Crippen LogP contribution in [-0.4, -0.2) is 72.8 Å². The van der Waals surface area contributed by atoms with E-state index >= 15 is 0 Å². The number of para-hydroxylation sites is 1. The lowest BCUT2D eigenvalue weighted by Gasteiger charge is -2.41. The summed E-state index contributed by atoms with van der Waals surface area (Å²) >= 11 is 6.39. The number of anilines is 4. The summed E-state index contributed by atoms with van der Waals surface area (Å²) in [6.07, 6.45) is 6.45. The molecule has 2 fully saturated rings. The Hall–Kier alpha value is -2.77. The third kappa shape index (κ3) is 6.69. The van der Waals surface area contributed by atoms with Crippen molar-refractivity contribution in [3.05, 3.63) is 59.2 Å². The van der Waals surface area contributed by atoms with Crippen LogP contribution in [0.5, 0.6) is 5.75 Å². The van der Waals surface area contributed by atoms with Crippen LogP contribution in [0.2, 0.25) is 5.02 Å². The second-order valence-corrected chi connectivity index (χ2v) is 12.3. The Morgan fingerprint density at radius 2 is 1.74 bits per heavy atom. The van der Waals surface area contributed by atoms with E-state index in [-0.39, 0.29) is 0 Å². The molecule has 8 nitrogen and oxygen atoms in total. The normalized spacial score (nSPS) is 18.1. The first-order chi connectivity index (χ1) is 18.9. The molecule has 0 spiro atoms. The molecule has 1 atom stereocenters. The fraction of sp³-hybridized carbons (Fsp3) is 0.448. The highest BCUT2D eigenvalue weighted by atomic mass is 35.5. The number of benzene rings is 2. The van der Waals surface area contributed by atoms with Crippen molar-refractivity contribution in [2.24, 2.45) is 0 Å². The van der Waals surface area contributed by atoms with Gasteiger partial charge >= 0.3 is 7.80 Å². The van der Waals surface area contributed by atoms with Crippen LogP contribution in [0.1, 0.15) is 37.2 Å². The SMILES string of the molecule is COc1cc(C2CCN(C3CCN(C)CC3)CC2)ccc1Nc1ncc(Cl)c(Nc2ccccc2[P+](C)=O)n1.